The predicted octanol–water partition coefficient (Wildman–Crippen LogP) is 9.06. The second kappa shape index (κ2) is 13.2. The zero-order valence-electron chi connectivity index (χ0n) is 22.4. The summed E-state index contributed by atoms with van der Waals surface area (Å²) < 4.78 is 52.0. The van der Waals surface area contributed by atoms with E-state index in [4.69, 9.17) is 9.47 Å². The van der Waals surface area contributed by atoms with E-state index in [1.807, 2.05) is 0 Å². The van der Waals surface area contributed by atoms with E-state index in [1.54, 1.807) is 6.92 Å². The molecule has 0 bridgehead atoms. The first-order valence-corrected chi connectivity index (χ1v) is 14.5. The summed E-state index contributed by atoms with van der Waals surface area (Å²) in [7, 11) is 0. The van der Waals surface area contributed by atoms with Crippen molar-refractivity contribution < 1.29 is 27.4 Å². The number of ether oxygens (including phenoxy) is 2. The van der Waals surface area contributed by atoms with Gasteiger partial charge in [-0.2, -0.15) is 0 Å². The van der Waals surface area contributed by atoms with Gasteiger partial charge < -0.3 is 9.47 Å². The third-order valence-electron chi connectivity index (χ3n) is 9.37. The standard InChI is InChI=1S/C31H43F3O3/c1-3-5-20-6-8-21(9-7-20)22-10-12-23(13-11-22)24-14-16-25(17-15-24)31(35)37-26-18-19-27(36-4-2)29(32)28(26)30(33)34/h3,5,18-25,30H,4,6-17H2,1-2H3. The van der Waals surface area contributed by atoms with Crippen molar-refractivity contribution in [3.8, 4) is 11.5 Å². The molecule has 3 fully saturated rings. The summed E-state index contributed by atoms with van der Waals surface area (Å²) in [5.74, 6) is 1.28. The second-order valence-electron chi connectivity index (χ2n) is 11.4. The Labute approximate surface area is 220 Å². The fourth-order valence-corrected chi connectivity index (χ4v) is 7.30. The SMILES string of the molecule is CC=CC1CCC(C2CCC(C3CCC(C(=O)Oc4ccc(OCC)c(F)c4C(F)F)CC3)CC2)CC1. The number of carbonyl (C=O) groups excluding carboxylic acids is 1. The van der Waals surface area contributed by atoms with Crippen LogP contribution in [0.1, 0.15) is 103 Å². The molecule has 0 N–H and O–H groups in total. The van der Waals surface area contributed by atoms with Gasteiger partial charge in [0.1, 0.15) is 11.3 Å². The number of hydrogen-bond donors (Lipinski definition) is 0. The summed E-state index contributed by atoms with van der Waals surface area (Å²) in [4.78, 5) is 12.8. The number of alkyl halides is 2. The molecule has 4 rings (SSSR count). The molecular weight excluding hydrogens is 477 g/mol. The number of allylic oxidation sites excluding steroid dienone is 2. The fraction of sp³-hybridized carbons (Fsp3) is 0.710. The Kier molecular flexibility index (Phi) is 10.00. The number of rotatable bonds is 8. The van der Waals surface area contributed by atoms with E-state index in [0.29, 0.717) is 18.8 Å². The van der Waals surface area contributed by atoms with Gasteiger partial charge in [0.2, 0.25) is 0 Å². The molecule has 0 saturated heterocycles. The third kappa shape index (κ3) is 6.92. The zero-order chi connectivity index (χ0) is 26.4. The summed E-state index contributed by atoms with van der Waals surface area (Å²) in [6, 6.07) is 2.46. The Morgan fingerprint density at radius 1 is 0.865 bits per heavy atom. The molecule has 0 unspecified atom stereocenters. The number of hydrogen-bond acceptors (Lipinski definition) is 3. The Morgan fingerprint density at radius 3 is 1.84 bits per heavy atom. The Morgan fingerprint density at radius 2 is 1.35 bits per heavy atom. The van der Waals surface area contributed by atoms with Crippen molar-refractivity contribution >= 4 is 5.97 Å². The van der Waals surface area contributed by atoms with Gasteiger partial charge in [-0.15, -0.1) is 0 Å². The maximum Gasteiger partial charge on any atom is 0.314 e. The summed E-state index contributed by atoms with van der Waals surface area (Å²) in [6.45, 7) is 3.92. The highest BCUT2D eigenvalue weighted by Gasteiger charge is 2.36. The predicted molar refractivity (Wildman–Crippen MR) is 139 cm³/mol. The lowest BCUT2D eigenvalue weighted by atomic mass is 9.65. The first-order chi connectivity index (χ1) is 17.9. The fourth-order valence-electron chi connectivity index (χ4n) is 7.30. The van der Waals surface area contributed by atoms with Crippen LogP contribution in [0.5, 0.6) is 11.5 Å². The molecule has 0 atom stereocenters. The molecule has 1 aromatic carbocycles. The maximum atomic E-state index is 14.5. The quantitative estimate of drug-likeness (QED) is 0.195. The molecule has 0 aromatic heterocycles. The number of carbonyl (C=O) groups is 1. The summed E-state index contributed by atoms with van der Waals surface area (Å²) in [5, 5.41) is 0. The summed E-state index contributed by atoms with van der Waals surface area (Å²) >= 11 is 0. The van der Waals surface area contributed by atoms with Gasteiger partial charge in [0.25, 0.3) is 6.43 Å². The van der Waals surface area contributed by atoms with Crippen molar-refractivity contribution in [1.82, 2.24) is 0 Å². The maximum absolute atomic E-state index is 14.5. The average molecular weight is 521 g/mol. The van der Waals surface area contributed by atoms with Crippen molar-refractivity contribution in [2.24, 2.45) is 35.5 Å². The molecule has 0 spiro atoms. The number of halogens is 3. The molecule has 0 aliphatic heterocycles. The van der Waals surface area contributed by atoms with E-state index in [2.05, 4.69) is 19.1 Å². The van der Waals surface area contributed by atoms with Gasteiger partial charge in [0, 0.05) is 0 Å². The molecule has 1 aromatic rings. The Balaban J connectivity index is 1.24. The van der Waals surface area contributed by atoms with Gasteiger partial charge in [0.15, 0.2) is 11.6 Å². The lowest BCUT2D eigenvalue weighted by molar-refractivity contribution is -0.140. The van der Waals surface area contributed by atoms with Crippen molar-refractivity contribution in [3.63, 3.8) is 0 Å². The second-order valence-corrected chi connectivity index (χ2v) is 11.4. The van der Waals surface area contributed by atoms with Crippen LogP contribution in [0.25, 0.3) is 0 Å². The molecule has 3 saturated carbocycles. The van der Waals surface area contributed by atoms with E-state index in [-0.39, 0.29) is 18.3 Å². The molecule has 0 heterocycles. The molecule has 206 valence electrons. The molecule has 3 aliphatic carbocycles. The zero-order valence-corrected chi connectivity index (χ0v) is 22.4. The van der Waals surface area contributed by atoms with E-state index in [9.17, 15) is 18.0 Å². The normalized spacial score (nSPS) is 31.0. The van der Waals surface area contributed by atoms with Crippen molar-refractivity contribution in [1.29, 1.82) is 0 Å². The summed E-state index contributed by atoms with van der Waals surface area (Å²) in [5.41, 5.74) is -0.903. The first-order valence-electron chi connectivity index (χ1n) is 14.5. The van der Waals surface area contributed by atoms with Crippen LogP contribution in [0.2, 0.25) is 0 Å². The van der Waals surface area contributed by atoms with Crippen LogP contribution >= 0.6 is 0 Å². The number of esters is 1. The van der Waals surface area contributed by atoms with Gasteiger partial charge in [-0.05, 0) is 133 Å². The highest BCUT2D eigenvalue weighted by atomic mass is 19.3. The van der Waals surface area contributed by atoms with Crippen LogP contribution in [0, 0.1) is 41.3 Å². The Hall–Kier alpha value is -1.98. The van der Waals surface area contributed by atoms with E-state index < -0.39 is 29.5 Å². The van der Waals surface area contributed by atoms with Crippen LogP contribution in [0.3, 0.4) is 0 Å². The van der Waals surface area contributed by atoms with Gasteiger partial charge in [-0.1, -0.05) is 12.2 Å². The van der Waals surface area contributed by atoms with E-state index in [0.717, 1.165) is 36.5 Å². The highest BCUT2D eigenvalue weighted by Crippen LogP contribution is 2.46. The van der Waals surface area contributed by atoms with Gasteiger partial charge >= 0.3 is 5.97 Å². The highest BCUT2D eigenvalue weighted by molar-refractivity contribution is 5.75. The van der Waals surface area contributed by atoms with E-state index >= 15 is 0 Å². The Bertz CT molecular complexity index is 907. The van der Waals surface area contributed by atoms with Gasteiger partial charge in [0.05, 0.1) is 12.5 Å². The van der Waals surface area contributed by atoms with Crippen molar-refractivity contribution in [2.75, 3.05) is 6.61 Å². The summed E-state index contributed by atoms with van der Waals surface area (Å²) in [6.07, 6.45) is 15.6. The topological polar surface area (TPSA) is 35.5 Å². The number of benzene rings is 1. The lowest BCUT2D eigenvalue weighted by Gasteiger charge is -2.41. The van der Waals surface area contributed by atoms with Crippen molar-refractivity contribution in [3.05, 3.63) is 35.7 Å². The van der Waals surface area contributed by atoms with Crippen molar-refractivity contribution in [2.45, 2.75) is 97.3 Å². The minimum absolute atomic E-state index is 0.154. The van der Waals surface area contributed by atoms with Gasteiger partial charge in [-0.3, -0.25) is 4.79 Å². The largest absolute Gasteiger partial charge is 0.491 e. The molecule has 3 nitrogen and oxygen atoms in total. The van der Waals surface area contributed by atoms with Crippen LogP contribution in [-0.2, 0) is 4.79 Å². The third-order valence-corrected chi connectivity index (χ3v) is 9.37. The van der Waals surface area contributed by atoms with Crippen LogP contribution in [0.4, 0.5) is 13.2 Å². The van der Waals surface area contributed by atoms with Crippen LogP contribution in [-0.4, -0.2) is 12.6 Å². The molecule has 6 heteroatoms. The average Bonchev–Trinajstić information content (AvgIpc) is 2.91. The minimum Gasteiger partial charge on any atom is -0.491 e. The molecule has 0 radical (unpaired) electrons. The van der Waals surface area contributed by atoms with Gasteiger partial charge in [-0.25, -0.2) is 13.2 Å². The minimum atomic E-state index is -3.10. The van der Waals surface area contributed by atoms with Crippen LogP contribution in [0.15, 0.2) is 24.3 Å². The molecule has 37 heavy (non-hydrogen) atoms. The van der Waals surface area contributed by atoms with Crippen LogP contribution < -0.4 is 9.47 Å². The monoisotopic (exact) mass is 520 g/mol. The smallest absolute Gasteiger partial charge is 0.314 e. The molecule has 0 amide bonds. The first kappa shape index (κ1) is 28.0. The molecule has 3 aliphatic rings. The lowest BCUT2D eigenvalue weighted by Crippen LogP contribution is -2.31. The molecular formula is C31H43F3O3. The van der Waals surface area contributed by atoms with E-state index in [1.165, 1.54) is 63.5 Å².